The number of carbonyl (C=O) groups excluding carboxylic acids is 3. The van der Waals surface area contributed by atoms with Crippen molar-refractivity contribution in [3.8, 4) is 0 Å². The number of Topliss-reactive ketones (excluding diaryl/α,β-unsaturated/α-hetero) is 1. The maximum absolute atomic E-state index is 14.1. The summed E-state index contributed by atoms with van der Waals surface area (Å²) in [6.07, 6.45) is 0.907. The van der Waals surface area contributed by atoms with Crippen molar-refractivity contribution >= 4 is 17.9 Å². The second-order valence-corrected chi connectivity index (χ2v) is 13.7. The van der Waals surface area contributed by atoms with Gasteiger partial charge in [-0.2, -0.15) is 0 Å². The quantitative estimate of drug-likeness (QED) is 0.341. The zero-order valence-corrected chi connectivity index (χ0v) is 25.6. The van der Waals surface area contributed by atoms with Crippen molar-refractivity contribution in [1.82, 2.24) is 4.90 Å². The summed E-state index contributed by atoms with van der Waals surface area (Å²) in [4.78, 5) is 42.8. The predicted molar refractivity (Wildman–Crippen MR) is 150 cm³/mol. The molecule has 2 N–H and O–H groups in total. The Morgan fingerprint density at radius 1 is 1.12 bits per heavy atom. The minimum Gasteiger partial charge on any atom is -0.458 e. The van der Waals surface area contributed by atoms with Crippen LogP contribution in [0.1, 0.15) is 86.5 Å². The Labute approximate surface area is 243 Å². The highest BCUT2D eigenvalue weighted by Crippen LogP contribution is 2.67. The van der Waals surface area contributed by atoms with Gasteiger partial charge in [0, 0.05) is 24.3 Å². The number of fused-ring (bicyclic) bond motifs is 3. The van der Waals surface area contributed by atoms with E-state index >= 15 is 0 Å². The largest absolute Gasteiger partial charge is 0.508 e. The zero-order valence-electron chi connectivity index (χ0n) is 25.6. The molecule has 0 aromatic heterocycles. The Morgan fingerprint density at radius 2 is 1.78 bits per heavy atom. The van der Waals surface area contributed by atoms with E-state index < -0.39 is 69.8 Å². The first-order valence-electron chi connectivity index (χ1n) is 15.1. The van der Waals surface area contributed by atoms with E-state index in [1.165, 1.54) is 19.4 Å². The summed E-state index contributed by atoms with van der Waals surface area (Å²) in [6.45, 7) is 16.7. The third-order valence-electron chi connectivity index (χ3n) is 10.5. The number of nitrogens with zero attached hydrogens (tertiary/aromatic N) is 1. The van der Waals surface area contributed by atoms with Gasteiger partial charge >= 0.3 is 12.1 Å². The Morgan fingerprint density at radius 3 is 2.39 bits per heavy atom. The zero-order chi connectivity index (χ0) is 30.4. The van der Waals surface area contributed by atoms with Crippen molar-refractivity contribution in [2.24, 2.45) is 16.7 Å². The van der Waals surface area contributed by atoms with Crippen LogP contribution in [0.2, 0.25) is 0 Å². The average Bonchev–Trinajstić information content (AvgIpc) is 2.91. The molecule has 0 bridgehead atoms. The lowest BCUT2D eigenvalue weighted by molar-refractivity contribution is -0.370. The third-order valence-corrected chi connectivity index (χ3v) is 10.5. The molecule has 8 atom stereocenters. The van der Waals surface area contributed by atoms with Crippen LogP contribution in [0, 0.1) is 16.7 Å². The monoisotopic (exact) mass is 579 g/mol. The normalized spacial score (nSPS) is 42.4. The number of rotatable bonds is 7. The second kappa shape index (κ2) is 11.2. The Kier molecular flexibility index (Phi) is 8.75. The van der Waals surface area contributed by atoms with Gasteiger partial charge in [0.1, 0.15) is 11.7 Å². The molecule has 10 nitrogen and oxygen atoms in total. The van der Waals surface area contributed by atoms with Gasteiger partial charge in [-0.15, -0.1) is 6.58 Å². The molecule has 2 saturated carbocycles. The van der Waals surface area contributed by atoms with E-state index in [9.17, 15) is 24.6 Å². The lowest BCUT2D eigenvalue weighted by Gasteiger charge is -2.71. The van der Waals surface area contributed by atoms with Crippen LogP contribution in [-0.4, -0.2) is 94.4 Å². The van der Waals surface area contributed by atoms with Gasteiger partial charge in [0.25, 0.3) is 0 Å². The molecule has 41 heavy (non-hydrogen) atoms. The number of hydrogen-bond acceptors (Lipinski definition) is 10. The molecule has 0 spiro atoms. The standard InChI is InChI=1S/C31H49NO9/c1-8-28(5)19-21(34)31(37)29(6)20(33)13-15-27(3,4)24(29)23(25(30(31,7)41-28)40-26(36)38-9-2)39-22(35)14-18-32-16-11-10-12-17-32/h8,20,23-25,33,37H,1,9-19H2,2-7H3/t20-,23-,24-,25-,28-,29-,30+,31-/m0/s1. The van der Waals surface area contributed by atoms with Crippen LogP contribution in [0.15, 0.2) is 12.7 Å². The molecule has 0 amide bonds. The molecule has 10 heteroatoms. The smallest absolute Gasteiger partial charge is 0.458 e. The molecule has 232 valence electrons. The molecule has 2 saturated heterocycles. The number of piperidine rings is 1. The fourth-order valence-corrected chi connectivity index (χ4v) is 8.46. The van der Waals surface area contributed by atoms with Crippen LogP contribution in [0.5, 0.6) is 0 Å². The summed E-state index contributed by atoms with van der Waals surface area (Å²) in [7, 11) is 0. The highest BCUT2D eigenvalue weighted by Gasteiger charge is 2.82. The first-order valence-corrected chi connectivity index (χ1v) is 15.1. The molecule has 4 aliphatic rings. The summed E-state index contributed by atoms with van der Waals surface area (Å²) in [5.41, 5.74) is -7.56. The lowest BCUT2D eigenvalue weighted by atomic mass is 9.39. The van der Waals surface area contributed by atoms with Crippen LogP contribution in [0.25, 0.3) is 0 Å². The molecular weight excluding hydrogens is 530 g/mol. The Hall–Kier alpha value is -2.01. The summed E-state index contributed by atoms with van der Waals surface area (Å²) >= 11 is 0. The van der Waals surface area contributed by atoms with E-state index in [-0.39, 0.29) is 19.4 Å². The molecule has 4 fully saturated rings. The van der Waals surface area contributed by atoms with Gasteiger partial charge in [0.2, 0.25) is 0 Å². The van der Waals surface area contributed by atoms with Crippen molar-refractivity contribution < 1.29 is 43.5 Å². The first kappa shape index (κ1) is 31.9. The van der Waals surface area contributed by atoms with Crippen LogP contribution in [0.4, 0.5) is 4.79 Å². The van der Waals surface area contributed by atoms with Crippen molar-refractivity contribution in [3.63, 3.8) is 0 Å². The molecule has 0 aromatic carbocycles. The summed E-state index contributed by atoms with van der Waals surface area (Å²) in [5, 5.41) is 24.3. The molecule has 2 heterocycles. The van der Waals surface area contributed by atoms with E-state index in [4.69, 9.17) is 18.9 Å². The lowest BCUT2D eigenvalue weighted by Crippen LogP contribution is -2.87. The highest BCUT2D eigenvalue weighted by molar-refractivity contribution is 5.92. The number of aliphatic hydroxyl groups excluding tert-OH is 1. The SMILES string of the molecule is C=C[C@@]1(C)CC(=O)[C@]2(O)[C@@]3(C)[C@@H](O)CCC(C)(C)[C@@H]3[C@H](OC(=O)CCN3CCCCC3)[C@H](OC(=O)OCC)[C@@]2(C)O1. The minimum atomic E-state index is -2.29. The fourth-order valence-electron chi connectivity index (χ4n) is 8.46. The van der Waals surface area contributed by atoms with Crippen molar-refractivity contribution in [2.75, 3.05) is 26.2 Å². The molecule has 0 aromatic rings. The molecule has 0 radical (unpaired) electrons. The van der Waals surface area contributed by atoms with Crippen molar-refractivity contribution in [2.45, 2.75) is 122 Å². The van der Waals surface area contributed by atoms with Gasteiger partial charge < -0.3 is 34.1 Å². The summed E-state index contributed by atoms with van der Waals surface area (Å²) < 4.78 is 23.8. The molecule has 2 aliphatic carbocycles. The van der Waals surface area contributed by atoms with E-state index in [2.05, 4.69) is 11.5 Å². The molecule has 4 rings (SSSR count). The van der Waals surface area contributed by atoms with Crippen LogP contribution >= 0.6 is 0 Å². The van der Waals surface area contributed by atoms with Gasteiger partial charge in [-0.25, -0.2) is 4.79 Å². The van der Waals surface area contributed by atoms with Crippen LogP contribution in [-0.2, 0) is 28.5 Å². The highest BCUT2D eigenvalue weighted by atomic mass is 16.7. The van der Waals surface area contributed by atoms with E-state index in [1.54, 1.807) is 20.8 Å². The summed E-state index contributed by atoms with van der Waals surface area (Å²) in [6, 6.07) is 0. The van der Waals surface area contributed by atoms with Crippen molar-refractivity contribution in [3.05, 3.63) is 12.7 Å². The average molecular weight is 580 g/mol. The minimum absolute atomic E-state index is 0.0301. The number of aliphatic hydroxyl groups is 2. The Balaban J connectivity index is 1.84. The first-order chi connectivity index (χ1) is 19.1. The van der Waals surface area contributed by atoms with Crippen LogP contribution < -0.4 is 0 Å². The Bertz CT molecular complexity index is 1040. The molecule has 2 aliphatic heterocycles. The number of ketones is 1. The maximum atomic E-state index is 14.1. The topological polar surface area (TPSA) is 132 Å². The van der Waals surface area contributed by atoms with E-state index in [1.807, 2.05) is 13.8 Å². The van der Waals surface area contributed by atoms with Crippen LogP contribution in [0.3, 0.4) is 0 Å². The summed E-state index contributed by atoms with van der Waals surface area (Å²) in [5.74, 6) is -1.81. The van der Waals surface area contributed by atoms with E-state index in [0.717, 1.165) is 25.9 Å². The van der Waals surface area contributed by atoms with Gasteiger partial charge in [-0.1, -0.05) is 33.3 Å². The van der Waals surface area contributed by atoms with Gasteiger partial charge in [-0.05, 0) is 65.0 Å². The van der Waals surface area contributed by atoms with Gasteiger partial charge in [0.05, 0.1) is 24.7 Å². The van der Waals surface area contributed by atoms with Gasteiger partial charge in [-0.3, -0.25) is 9.59 Å². The maximum Gasteiger partial charge on any atom is 0.508 e. The number of carbonyl (C=O) groups is 3. The number of ether oxygens (including phenoxy) is 4. The fraction of sp³-hybridized carbons (Fsp3) is 0.839. The van der Waals surface area contributed by atoms with Gasteiger partial charge in [0.15, 0.2) is 17.5 Å². The number of esters is 1. The van der Waals surface area contributed by atoms with Crippen molar-refractivity contribution in [1.29, 1.82) is 0 Å². The molecular formula is C31H49NO9. The number of hydrogen-bond donors (Lipinski definition) is 2. The predicted octanol–water partition coefficient (Wildman–Crippen LogP) is 3.56. The number of likely N-dealkylation sites (tertiary alicyclic amines) is 1. The second-order valence-electron chi connectivity index (χ2n) is 13.7. The molecule has 0 unspecified atom stereocenters. The third kappa shape index (κ3) is 5.12. The van der Waals surface area contributed by atoms with E-state index in [0.29, 0.717) is 19.4 Å².